The van der Waals surface area contributed by atoms with Crippen molar-refractivity contribution in [2.75, 3.05) is 11.9 Å². The molecule has 2 aromatic heterocycles. The third-order valence-corrected chi connectivity index (χ3v) is 5.22. The molecule has 0 unspecified atom stereocenters. The van der Waals surface area contributed by atoms with E-state index in [1.54, 1.807) is 18.5 Å². The van der Waals surface area contributed by atoms with Crippen molar-refractivity contribution in [3.8, 4) is 5.69 Å². The highest BCUT2D eigenvalue weighted by Crippen LogP contribution is 2.28. The Kier molecular flexibility index (Phi) is 3.32. The van der Waals surface area contributed by atoms with Crippen molar-refractivity contribution in [3.63, 3.8) is 0 Å². The lowest BCUT2D eigenvalue weighted by Gasteiger charge is -2.07. The number of thioether (sulfide) groups is 1. The summed E-state index contributed by atoms with van der Waals surface area (Å²) in [4.78, 5) is 32.4. The van der Waals surface area contributed by atoms with Crippen LogP contribution in [0.2, 0.25) is 0 Å². The highest BCUT2D eigenvalue weighted by molar-refractivity contribution is 8.18. The number of amides is 2. The fourth-order valence-corrected chi connectivity index (χ4v) is 3.84. The molecular formula is C18H13N5O2S. The van der Waals surface area contributed by atoms with Gasteiger partial charge < -0.3 is 5.32 Å². The zero-order chi connectivity index (χ0) is 17.7. The number of nitrogens with zero attached hydrogens (tertiary/aromatic N) is 3. The summed E-state index contributed by atoms with van der Waals surface area (Å²) in [6.45, 7) is 0.956. The zero-order valence-electron chi connectivity index (χ0n) is 13.5. The van der Waals surface area contributed by atoms with Gasteiger partial charge in [0.05, 0.1) is 10.6 Å². The molecule has 0 atom stereocenters. The molecule has 26 heavy (non-hydrogen) atoms. The van der Waals surface area contributed by atoms with Crippen LogP contribution in [0.4, 0.5) is 10.5 Å². The van der Waals surface area contributed by atoms with Gasteiger partial charge in [-0.3, -0.25) is 19.5 Å². The molecule has 1 fully saturated rings. The molecule has 3 aromatic rings. The lowest BCUT2D eigenvalue weighted by atomic mass is 10.1. The number of nitrogens with one attached hydrogen (secondary N) is 2. The number of anilines is 1. The van der Waals surface area contributed by atoms with Crippen molar-refractivity contribution in [1.29, 1.82) is 0 Å². The molecular weight excluding hydrogens is 350 g/mol. The second-order valence-corrected chi connectivity index (χ2v) is 7.08. The molecule has 128 valence electrons. The first-order valence-corrected chi connectivity index (χ1v) is 8.95. The van der Waals surface area contributed by atoms with E-state index in [1.165, 1.54) is 11.3 Å². The van der Waals surface area contributed by atoms with Crippen LogP contribution in [0.5, 0.6) is 0 Å². The Labute approximate surface area is 152 Å². The third-order valence-electron chi connectivity index (χ3n) is 4.41. The summed E-state index contributed by atoms with van der Waals surface area (Å²) >= 11 is 0.882. The van der Waals surface area contributed by atoms with Crippen molar-refractivity contribution >= 4 is 45.8 Å². The van der Waals surface area contributed by atoms with Crippen molar-refractivity contribution in [2.24, 2.45) is 0 Å². The van der Waals surface area contributed by atoms with Gasteiger partial charge in [0, 0.05) is 17.9 Å². The van der Waals surface area contributed by atoms with E-state index in [1.807, 2.05) is 16.7 Å². The Balaban J connectivity index is 1.59. The van der Waals surface area contributed by atoms with Crippen LogP contribution in [0.15, 0.2) is 41.6 Å². The van der Waals surface area contributed by atoms with Crippen molar-refractivity contribution < 1.29 is 9.59 Å². The Hall–Kier alpha value is -3.13. The van der Waals surface area contributed by atoms with E-state index in [4.69, 9.17) is 0 Å². The van der Waals surface area contributed by atoms with Gasteiger partial charge in [0.15, 0.2) is 5.65 Å². The molecule has 0 bridgehead atoms. The fraction of sp³-hybridized carbons (Fsp3) is 0.111. The first kappa shape index (κ1) is 15.2. The van der Waals surface area contributed by atoms with Crippen LogP contribution >= 0.6 is 11.8 Å². The molecule has 2 aliphatic heterocycles. The largest absolute Gasteiger partial charge is 0.384 e. The maximum Gasteiger partial charge on any atom is 0.290 e. The van der Waals surface area contributed by atoms with Gasteiger partial charge in [-0.2, -0.15) is 0 Å². The number of pyridine rings is 1. The van der Waals surface area contributed by atoms with Gasteiger partial charge >= 0.3 is 0 Å². The summed E-state index contributed by atoms with van der Waals surface area (Å²) in [7, 11) is 0. The quantitative estimate of drug-likeness (QED) is 0.681. The number of fused-ring (bicyclic) bond motifs is 2. The molecule has 4 heterocycles. The number of imide groups is 1. The molecule has 0 saturated carbocycles. The molecule has 0 radical (unpaired) electrons. The molecule has 8 heteroatoms. The van der Waals surface area contributed by atoms with Crippen LogP contribution in [0.3, 0.4) is 0 Å². The number of hydrogen-bond donors (Lipinski definition) is 2. The number of imidazole rings is 1. The minimum absolute atomic E-state index is 0.344. The van der Waals surface area contributed by atoms with Gasteiger partial charge in [-0.15, -0.1) is 0 Å². The molecule has 1 saturated heterocycles. The second-order valence-electron chi connectivity index (χ2n) is 6.06. The highest BCUT2D eigenvalue weighted by atomic mass is 32.2. The van der Waals surface area contributed by atoms with Crippen molar-refractivity contribution in [2.45, 2.75) is 6.42 Å². The predicted molar refractivity (Wildman–Crippen MR) is 100 cm³/mol. The highest BCUT2D eigenvalue weighted by Gasteiger charge is 2.25. The van der Waals surface area contributed by atoms with Crippen molar-refractivity contribution in [1.82, 2.24) is 19.9 Å². The maximum atomic E-state index is 11.7. The average molecular weight is 363 g/mol. The lowest BCUT2D eigenvalue weighted by molar-refractivity contribution is -0.115. The number of carbonyl (C=O) groups excluding carboxylic acids is 2. The standard InChI is InChI=1S/C18H13N5O2S/c24-17-15(26-18(25)22-17)8-11-1-3-14-16(21-11)23(9-20-14)12-2-4-13-10(7-12)5-6-19-13/h1-4,7-9,19H,5-6H2,(H,22,24,25)/b15-8+. The van der Waals surface area contributed by atoms with Gasteiger partial charge in [0.2, 0.25) is 0 Å². The molecule has 0 spiro atoms. The lowest BCUT2D eigenvalue weighted by Crippen LogP contribution is -2.17. The third kappa shape index (κ3) is 2.46. The number of hydrogen-bond acceptors (Lipinski definition) is 6. The molecule has 7 nitrogen and oxygen atoms in total. The van der Waals surface area contributed by atoms with E-state index in [9.17, 15) is 9.59 Å². The van der Waals surface area contributed by atoms with Crippen molar-refractivity contribution in [3.05, 3.63) is 52.8 Å². The van der Waals surface area contributed by atoms with Gasteiger partial charge in [-0.05, 0) is 60.2 Å². The Morgan fingerprint density at radius 1 is 1.19 bits per heavy atom. The molecule has 2 N–H and O–H groups in total. The molecule has 2 aliphatic rings. The monoisotopic (exact) mass is 363 g/mol. The van der Waals surface area contributed by atoms with Crippen LogP contribution < -0.4 is 10.6 Å². The van der Waals surface area contributed by atoms with E-state index < -0.39 is 0 Å². The predicted octanol–water partition coefficient (Wildman–Crippen LogP) is 2.71. The topological polar surface area (TPSA) is 88.9 Å². The molecule has 2 amide bonds. The number of rotatable bonds is 2. The summed E-state index contributed by atoms with van der Waals surface area (Å²) in [6, 6.07) is 9.89. The van der Waals surface area contributed by atoms with Crippen LogP contribution in [-0.2, 0) is 11.2 Å². The van der Waals surface area contributed by atoms with Gasteiger partial charge in [0.25, 0.3) is 11.1 Å². The van der Waals surface area contributed by atoms with E-state index in [2.05, 4.69) is 32.7 Å². The molecule has 1 aromatic carbocycles. The SMILES string of the molecule is O=C1NC(=O)/C(=C\c2ccc3ncn(-c4ccc5c(c4)CCN5)c3n2)S1. The van der Waals surface area contributed by atoms with E-state index >= 15 is 0 Å². The first-order chi connectivity index (χ1) is 12.7. The van der Waals surface area contributed by atoms with Gasteiger partial charge in [0.1, 0.15) is 11.8 Å². The summed E-state index contributed by atoms with van der Waals surface area (Å²) in [6.07, 6.45) is 4.37. The second kappa shape index (κ2) is 5.70. The van der Waals surface area contributed by atoms with E-state index in [-0.39, 0.29) is 11.1 Å². The molecule has 5 rings (SSSR count). The van der Waals surface area contributed by atoms with E-state index in [0.29, 0.717) is 16.2 Å². The number of benzene rings is 1. The maximum absolute atomic E-state index is 11.7. The Bertz CT molecular complexity index is 1120. The summed E-state index contributed by atoms with van der Waals surface area (Å²) in [5.41, 5.74) is 5.53. The first-order valence-electron chi connectivity index (χ1n) is 8.13. The fourth-order valence-electron chi connectivity index (χ4n) is 3.17. The van der Waals surface area contributed by atoms with Gasteiger partial charge in [-0.1, -0.05) is 0 Å². The van der Waals surface area contributed by atoms with Gasteiger partial charge in [-0.25, -0.2) is 9.97 Å². The smallest absolute Gasteiger partial charge is 0.290 e. The Morgan fingerprint density at radius 2 is 2.12 bits per heavy atom. The van der Waals surface area contributed by atoms with E-state index in [0.717, 1.165) is 35.9 Å². The molecule has 0 aliphatic carbocycles. The summed E-state index contributed by atoms with van der Waals surface area (Å²) in [5.74, 6) is -0.387. The summed E-state index contributed by atoms with van der Waals surface area (Å²) < 4.78 is 1.93. The van der Waals surface area contributed by atoms with Crippen LogP contribution in [0, 0.1) is 0 Å². The summed E-state index contributed by atoms with van der Waals surface area (Å²) in [5, 5.41) is 5.24. The van der Waals surface area contributed by atoms with Crippen LogP contribution in [0.1, 0.15) is 11.3 Å². The van der Waals surface area contributed by atoms with Crippen LogP contribution in [-0.4, -0.2) is 32.2 Å². The number of aromatic nitrogens is 3. The normalized spacial score (nSPS) is 17.6. The average Bonchev–Trinajstić information content (AvgIpc) is 3.33. The Morgan fingerprint density at radius 3 is 2.96 bits per heavy atom. The minimum Gasteiger partial charge on any atom is -0.384 e. The minimum atomic E-state index is -0.387. The van der Waals surface area contributed by atoms with Crippen LogP contribution in [0.25, 0.3) is 22.9 Å². The zero-order valence-corrected chi connectivity index (χ0v) is 14.3. The number of carbonyl (C=O) groups is 2.